The van der Waals surface area contributed by atoms with Crippen LogP contribution in [0.25, 0.3) is 0 Å². The van der Waals surface area contributed by atoms with Gasteiger partial charge < -0.3 is 24.3 Å². The summed E-state index contributed by atoms with van der Waals surface area (Å²) in [5.74, 6) is 3.11. The molecule has 1 heterocycles. The first kappa shape index (κ1) is 15.5. The van der Waals surface area contributed by atoms with Crippen molar-refractivity contribution in [2.45, 2.75) is 19.5 Å². The highest BCUT2D eigenvalue weighted by Crippen LogP contribution is 2.35. The van der Waals surface area contributed by atoms with Gasteiger partial charge in [-0.2, -0.15) is 0 Å². The van der Waals surface area contributed by atoms with E-state index >= 15 is 0 Å². The van der Waals surface area contributed by atoms with E-state index in [1.807, 2.05) is 36.4 Å². The molecule has 1 unspecified atom stereocenters. The van der Waals surface area contributed by atoms with Crippen LogP contribution in [0.4, 0.5) is 0 Å². The minimum atomic E-state index is 0.160. The van der Waals surface area contributed by atoms with Gasteiger partial charge in [-0.1, -0.05) is 18.2 Å². The lowest BCUT2D eigenvalue weighted by Gasteiger charge is -2.17. The SMILES string of the molecule is COc1ccc(C(C)NCc2cccc3c2OCO3)cc1OC. The molecule has 5 heteroatoms. The maximum absolute atomic E-state index is 5.54. The predicted molar refractivity (Wildman–Crippen MR) is 87.4 cm³/mol. The van der Waals surface area contributed by atoms with Crippen LogP contribution in [0.1, 0.15) is 24.1 Å². The van der Waals surface area contributed by atoms with Crippen molar-refractivity contribution < 1.29 is 18.9 Å². The van der Waals surface area contributed by atoms with Gasteiger partial charge in [0.15, 0.2) is 23.0 Å². The van der Waals surface area contributed by atoms with Gasteiger partial charge in [0.05, 0.1) is 14.2 Å². The third kappa shape index (κ3) is 3.19. The average Bonchev–Trinajstić information content (AvgIpc) is 3.08. The molecule has 2 aromatic carbocycles. The first-order chi connectivity index (χ1) is 11.2. The third-order valence-corrected chi connectivity index (χ3v) is 3.98. The first-order valence-corrected chi connectivity index (χ1v) is 7.55. The molecule has 0 saturated carbocycles. The molecule has 1 aliphatic heterocycles. The van der Waals surface area contributed by atoms with E-state index in [0.29, 0.717) is 6.54 Å². The largest absolute Gasteiger partial charge is 0.493 e. The lowest BCUT2D eigenvalue weighted by molar-refractivity contribution is 0.173. The quantitative estimate of drug-likeness (QED) is 0.886. The van der Waals surface area contributed by atoms with E-state index in [4.69, 9.17) is 18.9 Å². The van der Waals surface area contributed by atoms with E-state index in [1.165, 1.54) is 0 Å². The standard InChI is InChI=1S/C18H21NO4/c1-12(13-7-8-15(20-2)17(9-13)21-3)19-10-14-5-4-6-16-18(14)23-11-22-16/h4-9,12,19H,10-11H2,1-3H3. The summed E-state index contributed by atoms with van der Waals surface area (Å²) in [6.07, 6.45) is 0. The molecule has 122 valence electrons. The Labute approximate surface area is 136 Å². The van der Waals surface area contributed by atoms with Crippen molar-refractivity contribution in [3.05, 3.63) is 47.5 Å². The van der Waals surface area contributed by atoms with E-state index in [0.717, 1.165) is 34.1 Å². The molecule has 0 saturated heterocycles. The zero-order valence-electron chi connectivity index (χ0n) is 13.6. The summed E-state index contributed by atoms with van der Waals surface area (Å²) in [6.45, 7) is 3.10. The molecule has 0 spiro atoms. The van der Waals surface area contributed by atoms with Crippen LogP contribution in [-0.2, 0) is 6.54 Å². The Hall–Kier alpha value is -2.40. The van der Waals surface area contributed by atoms with Gasteiger partial charge in [0.1, 0.15) is 0 Å². The highest BCUT2D eigenvalue weighted by Gasteiger charge is 2.17. The van der Waals surface area contributed by atoms with Crippen LogP contribution >= 0.6 is 0 Å². The summed E-state index contributed by atoms with van der Waals surface area (Å²) >= 11 is 0. The highest BCUT2D eigenvalue weighted by atomic mass is 16.7. The monoisotopic (exact) mass is 315 g/mol. The predicted octanol–water partition coefficient (Wildman–Crippen LogP) is 3.28. The fraction of sp³-hybridized carbons (Fsp3) is 0.333. The average molecular weight is 315 g/mol. The van der Waals surface area contributed by atoms with Crippen molar-refractivity contribution in [2.75, 3.05) is 21.0 Å². The Morgan fingerprint density at radius 1 is 1.09 bits per heavy atom. The summed E-state index contributed by atoms with van der Waals surface area (Å²) in [7, 11) is 3.28. The maximum Gasteiger partial charge on any atom is 0.231 e. The van der Waals surface area contributed by atoms with E-state index in [2.05, 4.69) is 12.2 Å². The summed E-state index contributed by atoms with van der Waals surface area (Å²) in [6, 6.07) is 12.0. The Kier molecular flexibility index (Phi) is 4.57. The van der Waals surface area contributed by atoms with E-state index in [1.54, 1.807) is 14.2 Å². The fourth-order valence-corrected chi connectivity index (χ4v) is 2.63. The molecule has 0 radical (unpaired) electrons. The van der Waals surface area contributed by atoms with Crippen molar-refractivity contribution in [3.8, 4) is 23.0 Å². The molecular formula is C18H21NO4. The molecule has 1 N–H and O–H groups in total. The zero-order chi connectivity index (χ0) is 16.2. The van der Waals surface area contributed by atoms with Crippen molar-refractivity contribution in [2.24, 2.45) is 0 Å². The van der Waals surface area contributed by atoms with Gasteiger partial charge in [-0.3, -0.25) is 0 Å². The van der Waals surface area contributed by atoms with Gasteiger partial charge in [0, 0.05) is 18.2 Å². The van der Waals surface area contributed by atoms with Crippen LogP contribution < -0.4 is 24.3 Å². The molecule has 0 bridgehead atoms. The second-order valence-electron chi connectivity index (χ2n) is 5.37. The lowest BCUT2D eigenvalue weighted by atomic mass is 10.1. The van der Waals surface area contributed by atoms with Gasteiger partial charge in [0.2, 0.25) is 6.79 Å². The minimum Gasteiger partial charge on any atom is -0.493 e. The summed E-state index contributed by atoms with van der Waals surface area (Å²) in [4.78, 5) is 0. The number of benzene rings is 2. The number of para-hydroxylation sites is 1. The van der Waals surface area contributed by atoms with Crippen molar-refractivity contribution in [3.63, 3.8) is 0 Å². The van der Waals surface area contributed by atoms with Gasteiger partial charge in [-0.05, 0) is 30.7 Å². The number of ether oxygens (including phenoxy) is 4. The van der Waals surface area contributed by atoms with Crippen molar-refractivity contribution >= 4 is 0 Å². The lowest BCUT2D eigenvalue weighted by Crippen LogP contribution is -2.18. The van der Waals surface area contributed by atoms with Gasteiger partial charge in [0.25, 0.3) is 0 Å². The van der Waals surface area contributed by atoms with E-state index in [-0.39, 0.29) is 12.8 Å². The normalized spacial score (nSPS) is 13.7. The van der Waals surface area contributed by atoms with Crippen molar-refractivity contribution in [1.82, 2.24) is 5.32 Å². The second-order valence-corrected chi connectivity index (χ2v) is 5.37. The Morgan fingerprint density at radius 2 is 1.91 bits per heavy atom. The molecule has 1 aliphatic rings. The molecular weight excluding hydrogens is 294 g/mol. The molecule has 3 rings (SSSR count). The highest BCUT2D eigenvalue weighted by molar-refractivity contribution is 5.48. The number of hydrogen-bond acceptors (Lipinski definition) is 5. The maximum atomic E-state index is 5.54. The Balaban J connectivity index is 1.70. The van der Waals surface area contributed by atoms with Crippen LogP contribution in [0.3, 0.4) is 0 Å². The molecule has 0 aromatic heterocycles. The smallest absolute Gasteiger partial charge is 0.231 e. The zero-order valence-corrected chi connectivity index (χ0v) is 13.6. The van der Waals surface area contributed by atoms with Crippen molar-refractivity contribution in [1.29, 1.82) is 0 Å². The number of rotatable bonds is 6. The van der Waals surface area contributed by atoms with Crippen LogP contribution in [0, 0.1) is 0 Å². The van der Waals surface area contributed by atoms with Gasteiger partial charge >= 0.3 is 0 Å². The summed E-state index contributed by atoms with van der Waals surface area (Å²) in [5, 5.41) is 3.50. The molecule has 5 nitrogen and oxygen atoms in total. The number of methoxy groups -OCH3 is 2. The molecule has 2 aromatic rings. The van der Waals surface area contributed by atoms with E-state index in [9.17, 15) is 0 Å². The molecule has 0 aliphatic carbocycles. The number of hydrogen-bond donors (Lipinski definition) is 1. The van der Waals surface area contributed by atoms with Crippen LogP contribution in [0.2, 0.25) is 0 Å². The first-order valence-electron chi connectivity index (χ1n) is 7.55. The Bertz CT molecular complexity index is 687. The molecule has 23 heavy (non-hydrogen) atoms. The van der Waals surface area contributed by atoms with Gasteiger partial charge in [-0.25, -0.2) is 0 Å². The fourth-order valence-electron chi connectivity index (χ4n) is 2.63. The van der Waals surface area contributed by atoms with Crippen LogP contribution in [0.15, 0.2) is 36.4 Å². The van der Waals surface area contributed by atoms with Gasteiger partial charge in [-0.15, -0.1) is 0 Å². The summed E-state index contributed by atoms with van der Waals surface area (Å²) in [5.41, 5.74) is 2.22. The topological polar surface area (TPSA) is 49.0 Å². The van der Waals surface area contributed by atoms with Crippen LogP contribution in [-0.4, -0.2) is 21.0 Å². The number of nitrogens with one attached hydrogen (secondary N) is 1. The second kappa shape index (κ2) is 6.79. The van der Waals surface area contributed by atoms with E-state index < -0.39 is 0 Å². The molecule has 0 amide bonds. The minimum absolute atomic E-state index is 0.160. The Morgan fingerprint density at radius 3 is 2.70 bits per heavy atom. The molecule has 0 fully saturated rings. The number of fused-ring (bicyclic) bond motifs is 1. The van der Waals surface area contributed by atoms with Crippen LogP contribution in [0.5, 0.6) is 23.0 Å². The third-order valence-electron chi connectivity index (χ3n) is 3.98. The molecule has 1 atom stereocenters. The summed E-state index contributed by atoms with van der Waals surface area (Å²) < 4.78 is 21.6.